The molecule has 3 aliphatic heterocycles. The maximum Gasteiger partial charge on any atom is 0.147 e. The number of aromatic nitrogens is 3. The summed E-state index contributed by atoms with van der Waals surface area (Å²) in [4.78, 5) is 18.0. The summed E-state index contributed by atoms with van der Waals surface area (Å²) < 4.78 is 13.1. The Morgan fingerprint density at radius 2 is 2.06 bits per heavy atom. The molecule has 7 nitrogen and oxygen atoms in total. The van der Waals surface area contributed by atoms with Gasteiger partial charge in [-0.25, -0.2) is 15.0 Å². The highest BCUT2D eigenvalue weighted by Gasteiger charge is 2.33. The lowest BCUT2D eigenvalue weighted by molar-refractivity contribution is -0.0395. The zero-order valence-corrected chi connectivity index (χ0v) is 19.1. The second-order valence-electron chi connectivity index (χ2n) is 9.51. The van der Waals surface area contributed by atoms with E-state index in [0.717, 1.165) is 72.2 Å². The quantitative estimate of drug-likeness (QED) is 0.650. The highest BCUT2D eigenvalue weighted by Crippen LogP contribution is 2.44. The molecule has 31 heavy (non-hydrogen) atoms. The number of hydrogen-bond donors (Lipinski definition) is 1. The van der Waals surface area contributed by atoms with Gasteiger partial charge < -0.3 is 19.7 Å². The lowest BCUT2D eigenvalue weighted by Gasteiger charge is -2.34. The number of fused-ring (bicyclic) bond motifs is 5. The van der Waals surface area contributed by atoms with E-state index in [4.69, 9.17) is 19.4 Å². The third kappa shape index (κ3) is 3.45. The minimum Gasteiger partial charge on any atom is -0.376 e. The van der Waals surface area contributed by atoms with Gasteiger partial charge >= 0.3 is 0 Å². The lowest BCUT2D eigenvalue weighted by Crippen LogP contribution is -2.33. The number of hydrogen-bond acceptors (Lipinski definition) is 8. The first-order valence-corrected chi connectivity index (χ1v) is 12.2. The number of nitrogens with zero attached hydrogens (tertiary/aromatic N) is 4. The molecule has 6 heterocycles. The largest absolute Gasteiger partial charge is 0.376 e. The first kappa shape index (κ1) is 19.6. The molecule has 0 bridgehead atoms. The molecule has 2 saturated heterocycles. The minimum atomic E-state index is -0.189. The first-order valence-electron chi connectivity index (χ1n) is 11.4. The molecule has 3 aromatic rings. The summed E-state index contributed by atoms with van der Waals surface area (Å²) >= 11 is 1.71. The number of rotatable bonds is 4. The molecule has 1 atom stereocenters. The number of anilines is 2. The van der Waals surface area contributed by atoms with E-state index in [2.05, 4.69) is 29.0 Å². The number of pyridine rings is 1. The van der Waals surface area contributed by atoms with Crippen molar-refractivity contribution in [3.63, 3.8) is 0 Å². The van der Waals surface area contributed by atoms with Gasteiger partial charge in [-0.3, -0.25) is 0 Å². The van der Waals surface area contributed by atoms with Crippen LogP contribution >= 0.6 is 11.3 Å². The molecule has 164 valence electrons. The molecule has 0 saturated carbocycles. The minimum absolute atomic E-state index is 0.189. The van der Waals surface area contributed by atoms with Crippen LogP contribution in [0.1, 0.15) is 50.7 Å². The van der Waals surface area contributed by atoms with Crippen LogP contribution in [0, 0.1) is 0 Å². The van der Waals surface area contributed by atoms with E-state index in [-0.39, 0.29) is 11.7 Å². The van der Waals surface area contributed by atoms with Crippen LogP contribution in [0.3, 0.4) is 0 Å². The Balaban J connectivity index is 1.50. The Hall–Kier alpha value is -2.03. The third-order valence-corrected chi connectivity index (χ3v) is 7.81. The van der Waals surface area contributed by atoms with Crippen molar-refractivity contribution in [2.45, 2.75) is 64.3 Å². The van der Waals surface area contributed by atoms with Crippen LogP contribution in [0.25, 0.3) is 20.4 Å². The summed E-state index contributed by atoms with van der Waals surface area (Å²) in [6, 6.07) is 0. The number of ether oxygens (including phenoxy) is 2. The Labute approximate surface area is 186 Å². The molecule has 0 unspecified atom stereocenters. The molecule has 1 N–H and O–H groups in total. The summed E-state index contributed by atoms with van der Waals surface area (Å²) in [6.45, 7) is 8.77. The normalized spacial score (nSPS) is 23.0. The van der Waals surface area contributed by atoms with Gasteiger partial charge in [0.1, 0.15) is 22.8 Å². The number of nitrogens with one attached hydrogen (secondary N) is 1. The first-order chi connectivity index (χ1) is 15.1. The van der Waals surface area contributed by atoms with Gasteiger partial charge in [0, 0.05) is 43.6 Å². The molecule has 3 aromatic heterocycles. The van der Waals surface area contributed by atoms with Crippen LogP contribution in [0.2, 0.25) is 0 Å². The monoisotopic (exact) mass is 439 g/mol. The van der Waals surface area contributed by atoms with Crippen LogP contribution in [-0.4, -0.2) is 52.9 Å². The van der Waals surface area contributed by atoms with Crippen LogP contribution in [0.5, 0.6) is 0 Å². The molecule has 0 aliphatic carbocycles. The van der Waals surface area contributed by atoms with Gasteiger partial charge in [-0.2, -0.15) is 0 Å². The van der Waals surface area contributed by atoms with Crippen LogP contribution in [0.4, 0.5) is 11.6 Å². The van der Waals surface area contributed by atoms with Gasteiger partial charge in [0.05, 0.1) is 28.5 Å². The molecule has 0 spiro atoms. The van der Waals surface area contributed by atoms with Crippen molar-refractivity contribution in [2.24, 2.45) is 0 Å². The van der Waals surface area contributed by atoms with Crippen LogP contribution < -0.4 is 10.2 Å². The third-order valence-electron chi connectivity index (χ3n) is 6.73. The van der Waals surface area contributed by atoms with Crippen molar-refractivity contribution in [3.05, 3.63) is 17.5 Å². The maximum absolute atomic E-state index is 6.23. The van der Waals surface area contributed by atoms with Crippen LogP contribution in [-0.2, 0) is 22.5 Å². The van der Waals surface area contributed by atoms with Crippen molar-refractivity contribution in [3.8, 4) is 0 Å². The SMILES string of the molecule is CC1(C)Cc2c(c(N3CCCC3)nc3sc4c(NC[C@@H]5CCCO5)ncnc4c23)CO1. The second-order valence-corrected chi connectivity index (χ2v) is 10.5. The lowest BCUT2D eigenvalue weighted by atomic mass is 9.90. The van der Waals surface area contributed by atoms with Crippen molar-refractivity contribution >= 4 is 43.4 Å². The van der Waals surface area contributed by atoms with Gasteiger partial charge in [0.25, 0.3) is 0 Å². The number of thiophene rings is 1. The molecular weight excluding hydrogens is 410 g/mol. The highest BCUT2D eigenvalue weighted by molar-refractivity contribution is 7.26. The topological polar surface area (TPSA) is 72.4 Å². The summed E-state index contributed by atoms with van der Waals surface area (Å²) in [6.07, 6.45) is 7.53. The predicted molar refractivity (Wildman–Crippen MR) is 124 cm³/mol. The maximum atomic E-state index is 6.23. The van der Waals surface area contributed by atoms with E-state index in [1.54, 1.807) is 17.7 Å². The Morgan fingerprint density at radius 1 is 1.19 bits per heavy atom. The van der Waals surface area contributed by atoms with Gasteiger partial charge in [0.2, 0.25) is 0 Å². The van der Waals surface area contributed by atoms with E-state index < -0.39 is 0 Å². The van der Waals surface area contributed by atoms with E-state index in [0.29, 0.717) is 6.61 Å². The smallest absolute Gasteiger partial charge is 0.147 e. The summed E-state index contributed by atoms with van der Waals surface area (Å²) in [5.41, 5.74) is 3.43. The van der Waals surface area contributed by atoms with E-state index in [9.17, 15) is 0 Å². The van der Waals surface area contributed by atoms with Crippen molar-refractivity contribution in [1.82, 2.24) is 15.0 Å². The highest BCUT2D eigenvalue weighted by atomic mass is 32.1. The second kappa shape index (κ2) is 7.53. The summed E-state index contributed by atoms with van der Waals surface area (Å²) in [7, 11) is 0. The standard InChI is InChI=1S/C23H29N5O2S/c1-23(2)10-15-16(12-30-23)21(28-7-3-4-8-28)27-22-17(15)18-19(31-22)20(26-13-25-18)24-11-14-6-5-9-29-14/h13-14H,3-12H2,1-2H3,(H,24,25,26)/t14-/m0/s1. The zero-order valence-electron chi connectivity index (χ0n) is 18.2. The zero-order chi connectivity index (χ0) is 21.0. The molecule has 0 radical (unpaired) electrons. The van der Waals surface area contributed by atoms with Gasteiger partial charge in [-0.05, 0) is 45.1 Å². The Kier molecular flexibility index (Phi) is 4.77. The summed E-state index contributed by atoms with van der Waals surface area (Å²) in [5, 5.41) is 4.72. The average molecular weight is 440 g/mol. The fourth-order valence-electron chi connectivity index (χ4n) is 5.12. The predicted octanol–water partition coefficient (Wildman–Crippen LogP) is 4.28. The van der Waals surface area contributed by atoms with Crippen LogP contribution in [0.15, 0.2) is 6.33 Å². The molecule has 0 aromatic carbocycles. The van der Waals surface area contributed by atoms with Gasteiger partial charge in [-0.1, -0.05) is 0 Å². The Bertz CT molecular complexity index is 1130. The molecule has 6 rings (SSSR count). The van der Waals surface area contributed by atoms with E-state index in [1.165, 1.54) is 29.4 Å². The molecule has 3 aliphatic rings. The van der Waals surface area contributed by atoms with E-state index in [1.807, 2.05) is 0 Å². The molecular formula is C23H29N5O2S. The van der Waals surface area contributed by atoms with Crippen molar-refractivity contribution in [2.75, 3.05) is 36.5 Å². The van der Waals surface area contributed by atoms with Gasteiger partial charge in [-0.15, -0.1) is 11.3 Å². The van der Waals surface area contributed by atoms with Gasteiger partial charge in [0.15, 0.2) is 0 Å². The fourth-order valence-corrected chi connectivity index (χ4v) is 6.24. The van der Waals surface area contributed by atoms with Crippen molar-refractivity contribution < 1.29 is 9.47 Å². The molecule has 8 heteroatoms. The average Bonchev–Trinajstić information content (AvgIpc) is 3.51. The summed E-state index contributed by atoms with van der Waals surface area (Å²) in [5.74, 6) is 2.01. The molecule has 0 amide bonds. The van der Waals surface area contributed by atoms with Crippen molar-refractivity contribution in [1.29, 1.82) is 0 Å². The molecule has 2 fully saturated rings. The Morgan fingerprint density at radius 3 is 2.87 bits per heavy atom. The van der Waals surface area contributed by atoms with E-state index >= 15 is 0 Å². The fraction of sp³-hybridized carbons (Fsp3) is 0.609.